The van der Waals surface area contributed by atoms with Crippen molar-refractivity contribution in [3.63, 3.8) is 0 Å². The quantitative estimate of drug-likeness (QED) is 0.800. The van der Waals surface area contributed by atoms with E-state index in [1.54, 1.807) is 13.0 Å². The Bertz CT molecular complexity index is 407. The molecule has 0 saturated heterocycles. The standard InChI is InChI=1S/C17H29FN2/c1-11(2)15(12(3)4)10-20-17(9-19)14-7-6-13(5)16(18)8-14/h6-8,11-12,15,17,20H,9-10,19H2,1-5H3. The molecule has 114 valence electrons. The smallest absolute Gasteiger partial charge is 0.126 e. The second-order valence-corrected chi connectivity index (χ2v) is 6.36. The van der Waals surface area contributed by atoms with E-state index in [9.17, 15) is 4.39 Å². The lowest BCUT2D eigenvalue weighted by atomic mass is 9.85. The Morgan fingerprint density at radius 3 is 2.20 bits per heavy atom. The van der Waals surface area contributed by atoms with E-state index in [0.29, 0.717) is 29.9 Å². The lowest BCUT2D eigenvalue weighted by Crippen LogP contribution is -2.35. The summed E-state index contributed by atoms with van der Waals surface area (Å²) in [6.45, 7) is 12.1. The minimum Gasteiger partial charge on any atom is -0.329 e. The second-order valence-electron chi connectivity index (χ2n) is 6.36. The third kappa shape index (κ3) is 4.57. The van der Waals surface area contributed by atoms with Crippen LogP contribution in [0.4, 0.5) is 4.39 Å². The van der Waals surface area contributed by atoms with Crippen molar-refractivity contribution < 1.29 is 4.39 Å². The van der Waals surface area contributed by atoms with Crippen LogP contribution in [0.1, 0.15) is 44.9 Å². The number of hydrogen-bond donors (Lipinski definition) is 2. The summed E-state index contributed by atoms with van der Waals surface area (Å²) in [4.78, 5) is 0. The van der Waals surface area contributed by atoms with Gasteiger partial charge in [-0.3, -0.25) is 0 Å². The molecule has 0 spiro atoms. The molecule has 1 aromatic rings. The first-order valence-corrected chi connectivity index (χ1v) is 7.56. The van der Waals surface area contributed by atoms with E-state index in [-0.39, 0.29) is 11.9 Å². The number of hydrogen-bond acceptors (Lipinski definition) is 2. The summed E-state index contributed by atoms with van der Waals surface area (Å²) < 4.78 is 13.7. The van der Waals surface area contributed by atoms with Crippen LogP contribution in [0, 0.1) is 30.5 Å². The molecule has 0 aliphatic heterocycles. The molecular formula is C17H29FN2. The van der Waals surface area contributed by atoms with Gasteiger partial charge >= 0.3 is 0 Å². The molecule has 20 heavy (non-hydrogen) atoms. The lowest BCUT2D eigenvalue weighted by molar-refractivity contribution is 0.266. The molecule has 1 atom stereocenters. The van der Waals surface area contributed by atoms with Gasteiger partial charge in [0.2, 0.25) is 0 Å². The van der Waals surface area contributed by atoms with Crippen molar-refractivity contribution in [3.8, 4) is 0 Å². The van der Waals surface area contributed by atoms with Crippen LogP contribution < -0.4 is 11.1 Å². The summed E-state index contributed by atoms with van der Waals surface area (Å²) in [6, 6.07) is 5.39. The van der Waals surface area contributed by atoms with Crippen molar-refractivity contribution in [1.29, 1.82) is 0 Å². The SMILES string of the molecule is Cc1ccc(C(CN)NCC(C(C)C)C(C)C)cc1F. The molecule has 0 amide bonds. The van der Waals surface area contributed by atoms with E-state index < -0.39 is 0 Å². The first-order chi connectivity index (χ1) is 9.36. The minimum absolute atomic E-state index is 0.0186. The number of benzene rings is 1. The Hall–Kier alpha value is -0.930. The van der Waals surface area contributed by atoms with Crippen LogP contribution in [0.25, 0.3) is 0 Å². The van der Waals surface area contributed by atoms with Gasteiger partial charge in [-0.1, -0.05) is 39.8 Å². The highest BCUT2D eigenvalue weighted by Crippen LogP contribution is 2.22. The molecule has 1 unspecified atom stereocenters. The molecule has 0 aromatic heterocycles. The number of nitrogens with two attached hydrogens (primary N) is 1. The highest BCUT2D eigenvalue weighted by molar-refractivity contribution is 5.26. The summed E-state index contributed by atoms with van der Waals surface area (Å²) in [5.41, 5.74) is 7.45. The zero-order chi connectivity index (χ0) is 15.3. The average Bonchev–Trinajstić information content (AvgIpc) is 2.37. The molecule has 0 aliphatic carbocycles. The van der Waals surface area contributed by atoms with Crippen LogP contribution in [0.2, 0.25) is 0 Å². The molecule has 0 fully saturated rings. The zero-order valence-corrected chi connectivity index (χ0v) is 13.4. The molecule has 0 radical (unpaired) electrons. The lowest BCUT2D eigenvalue weighted by Gasteiger charge is -2.28. The van der Waals surface area contributed by atoms with E-state index in [1.165, 1.54) is 0 Å². The molecular weight excluding hydrogens is 251 g/mol. The largest absolute Gasteiger partial charge is 0.329 e. The molecule has 3 heteroatoms. The number of rotatable bonds is 7. The summed E-state index contributed by atoms with van der Waals surface area (Å²) in [7, 11) is 0. The predicted molar refractivity (Wildman–Crippen MR) is 84.1 cm³/mol. The number of halogens is 1. The summed E-state index contributed by atoms with van der Waals surface area (Å²) >= 11 is 0. The topological polar surface area (TPSA) is 38.0 Å². The predicted octanol–water partition coefficient (Wildman–Crippen LogP) is 3.65. The van der Waals surface area contributed by atoms with Gasteiger partial charge in [-0.05, 0) is 48.4 Å². The van der Waals surface area contributed by atoms with E-state index in [2.05, 4.69) is 33.0 Å². The Morgan fingerprint density at radius 2 is 1.75 bits per heavy atom. The first kappa shape index (κ1) is 17.1. The summed E-state index contributed by atoms with van der Waals surface area (Å²) in [5, 5.41) is 3.50. The van der Waals surface area contributed by atoms with Crippen molar-refractivity contribution >= 4 is 0 Å². The van der Waals surface area contributed by atoms with Gasteiger partial charge in [-0.25, -0.2) is 4.39 Å². The van der Waals surface area contributed by atoms with E-state index in [4.69, 9.17) is 5.73 Å². The maximum atomic E-state index is 13.7. The van der Waals surface area contributed by atoms with E-state index in [1.807, 2.05) is 12.1 Å². The fraction of sp³-hybridized carbons (Fsp3) is 0.647. The second kappa shape index (κ2) is 7.75. The molecule has 1 rings (SSSR count). The fourth-order valence-corrected chi connectivity index (χ4v) is 2.68. The van der Waals surface area contributed by atoms with Crippen molar-refractivity contribution in [2.45, 2.75) is 40.7 Å². The minimum atomic E-state index is -0.160. The monoisotopic (exact) mass is 280 g/mol. The summed E-state index contributed by atoms with van der Waals surface area (Å²) in [5.74, 6) is 1.68. The maximum Gasteiger partial charge on any atom is 0.126 e. The number of aryl methyl sites for hydroxylation is 1. The molecule has 0 aliphatic rings. The molecule has 0 heterocycles. The van der Waals surface area contributed by atoms with Gasteiger partial charge in [0.25, 0.3) is 0 Å². The van der Waals surface area contributed by atoms with Crippen molar-refractivity contribution in [1.82, 2.24) is 5.32 Å². The van der Waals surface area contributed by atoms with Crippen LogP contribution in [-0.2, 0) is 0 Å². The average molecular weight is 280 g/mol. The van der Waals surface area contributed by atoms with Gasteiger partial charge < -0.3 is 11.1 Å². The Kier molecular flexibility index (Phi) is 6.63. The Morgan fingerprint density at radius 1 is 1.15 bits per heavy atom. The van der Waals surface area contributed by atoms with Crippen molar-refractivity contribution in [3.05, 3.63) is 35.1 Å². The molecule has 3 N–H and O–H groups in total. The van der Waals surface area contributed by atoms with Crippen molar-refractivity contribution in [2.75, 3.05) is 13.1 Å². The van der Waals surface area contributed by atoms with Crippen LogP contribution in [0.15, 0.2) is 18.2 Å². The Labute approximate surface area is 123 Å². The highest BCUT2D eigenvalue weighted by atomic mass is 19.1. The van der Waals surface area contributed by atoms with Gasteiger partial charge in [0.05, 0.1) is 0 Å². The van der Waals surface area contributed by atoms with Gasteiger partial charge in [-0.15, -0.1) is 0 Å². The third-order valence-corrected chi connectivity index (χ3v) is 4.15. The summed E-state index contributed by atoms with van der Waals surface area (Å²) in [6.07, 6.45) is 0. The fourth-order valence-electron chi connectivity index (χ4n) is 2.68. The van der Waals surface area contributed by atoms with Gasteiger partial charge in [0, 0.05) is 12.6 Å². The Balaban J connectivity index is 2.74. The molecule has 0 saturated carbocycles. The number of nitrogens with one attached hydrogen (secondary N) is 1. The zero-order valence-electron chi connectivity index (χ0n) is 13.4. The van der Waals surface area contributed by atoms with E-state index >= 15 is 0 Å². The molecule has 1 aromatic carbocycles. The molecule has 0 bridgehead atoms. The van der Waals surface area contributed by atoms with E-state index in [0.717, 1.165) is 12.1 Å². The third-order valence-electron chi connectivity index (χ3n) is 4.15. The van der Waals surface area contributed by atoms with Gasteiger partial charge in [0.1, 0.15) is 5.82 Å². The van der Waals surface area contributed by atoms with Crippen LogP contribution in [-0.4, -0.2) is 13.1 Å². The van der Waals surface area contributed by atoms with Crippen LogP contribution in [0.5, 0.6) is 0 Å². The highest BCUT2D eigenvalue weighted by Gasteiger charge is 2.19. The van der Waals surface area contributed by atoms with Crippen LogP contribution in [0.3, 0.4) is 0 Å². The van der Waals surface area contributed by atoms with Crippen molar-refractivity contribution in [2.24, 2.45) is 23.5 Å². The van der Waals surface area contributed by atoms with Gasteiger partial charge in [0.15, 0.2) is 0 Å². The van der Waals surface area contributed by atoms with Crippen LogP contribution >= 0.6 is 0 Å². The normalized spacial score (nSPS) is 13.5. The van der Waals surface area contributed by atoms with Gasteiger partial charge in [-0.2, -0.15) is 0 Å². The maximum absolute atomic E-state index is 13.7. The molecule has 2 nitrogen and oxygen atoms in total. The first-order valence-electron chi connectivity index (χ1n) is 7.56.